The first-order valence-corrected chi connectivity index (χ1v) is 6.24. The average Bonchev–Trinajstić information content (AvgIpc) is 2.33. The Morgan fingerprint density at radius 1 is 1.44 bits per heavy atom. The highest BCUT2D eigenvalue weighted by Crippen LogP contribution is 2.19. The molecule has 0 aliphatic rings. The van der Waals surface area contributed by atoms with Crippen LogP contribution in [-0.4, -0.2) is 32.3 Å². The first-order valence-electron chi connectivity index (χ1n) is 5.87. The summed E-state index contributed by atoms with van der Waals surface area (Å²) in [5, 5.41) is 3.89. The molecule has 4 nitrogen and oxygen atoms in total. The van der Waals surface area contributed by atoms with Crippen molar-refractivity contribution in [1.29, 1.82) is 0 Å². The lowest BCUT2D eigenvalue weighted by Gasteiger charge is -2.10. The van der Waals surface area contributed by atoms with E-state index in [1.165, 1.54) is 0 Å². The smallest absolute Gasteiger partial charge is 0.332 e. The molecule has 0 aliphatic heterocycles. The fraction of sp³-hybridized carbons (Fsp3) is 0.462. The van der Waals surface area contributed by atoms with E-state index in [2.05, 4.69) is 5.32 Å². The summed E-state index contributed by atoms with van der Waals surface area (Å²) in [5.41, 5.74) is 2.09. The van der Waals surface area contributed by atoms with Gasteiger partial charge in [0.15, 0.2) is 0 Å². The van der Waals surface area contributed by atoms with Crippen LogP contribution < -0.4 is 5.32 Å². The summed E-state index contributed by atoms with van der Waals surface area (Å²) in [6.07, 6.45) is 0. The number of esters is 1. The quantitative estimate of drug-likeness (QED) is 0.612. The molecule has 1 aromatic rings. The molecule has 0 atom stereocenters. The Labute approximate surface area is 112 Å². The van der Waals surface area contributed by atoms with Gasteiger partial charge in [-0.3, -0.25) is 0 Å². The molecule has 0 fully saturated rings. The third kappa shape index (κ3) is 5.38. The van der Waals surface area contributed by atoms with Gasteiger partial charge in [0.1, 0.15) is 6.61 Å². The van der Waals surface area contributed by atoms with Gasteiger partial charge in [0.25, 0.3) is 0 Å². The highest BCUT2D eigenvalue weighted by atomic mass is 35.5. The number of hydrogen-bond acceptors (Lipinski definition) is 4. The third-order valence-electron chi connectivity index (χ3n) is 2.29. The SMILES string of the molecule is CCOC(=O)COCCNc1cc(Cl)ccc1C. The fourth-order valence-corrected chi connectivity index (χ4v) is 1.57. The van der Waals surface area contributed by atoms with Crippen LogP contribution in [0.4, 0.5) is 5.69 Å². The number of halogens is 1. The summed E-state index contributed by atoms with van der Waals surface area (Å²) < 4.78 is 9.91. The van der Waals surface area contributed by atoms with Gasteiger partial charge in [-0.15, -0.1) is 0 Å². The lowest BCUT2D eigenvalue weighted by molar-refractivity contribution is -0.148. The highest BCUT2D eigenvalue weighted by molar-refractivity contribution is 6.30. The lowest BCUT2D eigenvalue weighted by atomic mass is 10.2. The van der Waals surface area contributed by atoms with E-state index in [0.29, 0.717) is 24.8 Å². The molecule has 0 spiro atoms. The van der Waals surface area contributed by atoms with Crippen molar-refractivity contribution >= 4 is 23.3 Å². The molecule has 1 aromatic carbocycles. The lowest BCUT2D eigenvalue weighted by Crippen LogP contribution is -2.16. The van der Waals surface area contributed by atoms with Crippen molar-refractivity contribution in [2.45, 2.75) is 13.8 Å². The zero-order chi connectivity index (χ0) is 13.4. The normalized spacial score (nSPS) is 10.2. The standard InChI is InChI=1S/C13H18ClNO3/c1-3-18-13(16)9-17-7-6-15-12-8-11(14)5-4-10(12)2/h4-5,8,15H,3,6-7,9H2,1-2H3. The van der Waals surface area contributed by atoms with Crippen LogP contribution in [0.3, 0.4) is 0 Å². The minimum absolute atomic E-state index is 0.00987. The molecular weight excluding hydrogens is 254 g/mol. The van der Waals surface area contributed by atoms with Crippen molar-refractivity contribution in [2.75, 3.05) is 31.7 Å². The molecule has 0 aromatic heterocycles. The number of hydrogen-bond donors (Lipinski definition) is 1. The summed E-state index contributed by atoms with van der Waals surface area (Å²) in [5.74, 6) is -0.337. The first kappa shape index (κ1) is 14.8. The number of anilines is 1. The maximum Gasteiger partial charge on any atom is 0.332 e. The van der Waals surface area contributed by atoms with Crippen LogP contribution >= 0.6 is 11.6 Å². The molecule has 0 aliphatic carbocycles. The van der Waals surface area contributed by atoms with E-state index in [1.54, 1.807) is 6.92 Å². The van der Waals surface area contributed by atoms with Gasteiger partial charge in [-0.1, -0.05) is 17.7 Å². The molecule has 0 radical (unpaired) electrons. The van der Waals surface area contributed by atoms with Crippen LogP contribution in [-0.2, 0) is 14.3 Å². The van der Waals surface area contributed by atoms with Crippen LogP contribution in [0.25, 0.3) is 0 Å². The predicted octanol–water partition coefficient (Wildman–Crippen LogP) is 2.64. The van der Waals surface area contributed by atoms with Gasteiger partial charge in [-0.2, -0.15) is 0 Å². The molecule has 100 valence electrons. The van der Waals surface area contributed by atoms with E-state index in [0.717, 1.165) is 11.3 Å². The number of aryl methyl sites for hydroxylation is 1. The van der Waals surface area contributed by atoms with Crippen molar-refractivity contribution in [3.05, 3.63) is 28.8 Å². The van der Waals surface area contributed by atoms with Gasteiger partial charge in [0.2, 0.25) is 0 Å². The van der Waals surface area contributed by atoms with E-state index in [1.807, 2.05) is 25.1 Å². The van der Waals surface area contributed by atoms with Gasteiger partial charge in [0, 0.05) is 17.3 Å². The summed E-state index contributed by atoms with van der Waals surface area (Å²) in [4.78, 5) is 11.0. The molecular formula is C13H18ClNO3. The molecule has 18 heavy (non-hydrogen) atoms. The van der Waals surface area contributed by atoms with Gasteiger partial charge < -0.3 is 14.8 Å². The Bertz CT molecular complexity index is 396. The second-order valence-corrected chi connectivity index (χ2v) is 4.18. The Hall–Kier alpha value is -1.26. The molecule has 0 bridgehead atoms. The fourth-order valence-electron chi connectivity index (χ4n) is 1.40. The monoisotopic (exact) mass is 271 g/mol. The predicted molar refractivity (Wildman–Crippen MR) is 72.1 cm³/mol. The van der Waals surface area contributed by atoms with Crippen LogP contribution in [0, 0.1) is 6.92 Å². The van der Waals surface area contributed by atoms with Crippen LogP contribution in [0.2, 0.25) is 5.02 Å². The molecule has 0 unspecified atom stereocenters. The second-order valence-electron chi connectivity index (χ2n) is 3.74. The van der Waals surface area contributed by atoms with Gasteiger partial charge in [-0.05, 0) is 31.5 Å². The zero-order valence-corrected chi connectivity index (χ0v) is 11.4. The first-order chi connectivity index (χ1) is 8.63. The van der Waals surface area contributed by atoms with Gasteiger partial charge in [-0.25, -0.2) is 4.79 Å². The van der Waals surface area contributed by atoms with E-state index in [4.69, 9.17) is 21.1 Å². The molecule has 1 rings (SSSR count). The number of carbonyl (C=O) groups is 1. The number of benzene rings is 1. The zero-order valence-electron chi connectivity index (χ0n) is 10.7. The summed E-state index contributed by atoms with van der Waals surface area (Å²) in [6, 6.07) is 5.66. The number of carbonyl (C=O) groups excluding carboxylic acids is 1. The number of ether oxygens (including phenoxy) is 2. The van der Waals surface area contributed by atoms with Crippen molar-refractivity contribution in [1.82, 2.24) is 0 Å². The van der Waals surface area contributed by atoms with Crippen molar-refractivity contribution < 1.29 is 14.3 Å². The highest BCUT2D eigenvalue weighted by Gasteiger charge is 2.01. The van der Waals surface area contributed by atoms with E-state index < -0.39 is 0 Å². The topological polar surface area (TPSA) is 47.6 Å². The Morgan fingerprint density at radius 2 is 2.22 bits per heavy atom. The molecule has 5 heteroatoms. The average molecular weight is 272 g/mol. The Kier molecular flexibility index (Phi) is 6.54. The minimum Gasteiger partial charge on any atom is -0.464 e. The summed E-state index contributed by atoms with van der Waals surface area (Å²) >= 11 is 5.90. The van der Waals surface area contributed by atoms with Crippen molar-refractivity contribution in [2.24, 2.45) is 0 Å². The molecule has 0 saturated heterocycles. The van der Waals surface area contributed by atoms with E-state index in [-0.39, 0.29) is 12.6 Å². The maximum atomic E-state index is 11.0. The van der Waals surface area contributed by atoms with Crippen LogP contribution in [0.15, 0.2) is 18.2 Å². The summed E-state index contributed by atoms with van der Waals surface area (Å²) in [6.45, 7) is 5.18. The third-order valence-corrected chi connectivity index (χ3v) is 2.52. The van der Waals surface area contributed by atoms with Crippen LogP contribution in [0.5, 0.6) is 0 Å². The maximum absolute atomic E-state index is 11.0. The summed E-state index contributed by atoms with van der Waals surface area (Å²) in [7, 11) is 0. The van der Waals surface area contributed by atoms with Crippen LogP contribution in [0.1, 0.15) is 12.5 Å². The molecule has 0 heterocycles. The van der Waals surface area contributed by atoms with Crippen molar-refractivity contribution in [3.63, 3.8) is 0 Å². The molecule has 0 saturated carbocycles. The number of rotatable bonds is 7. The van der Waals surface area contributed by atoms with E-state index in [9.17, 15) is 4.79 Å². The molecule has 1 N–H and O–H groups in total. The number of nitrogens with one attached hydrogen (secondary N) is 1. The van der Waals surface area contributed by atoms with E-state index >= 15 is 0 Å². The largest absolute Gasteiger partial charge is 0.464 e. The Morgan fingerprint density at radius 3 is 2.94 bits per heavy atom. The Balaban J connectivity index is 2.21. The van der Waals surface area contributed by atoms with Crippen molar-refractivity contribution in [3.8, 4) is 0 Å². The van der Waals surface area contributed by atoms with Gasteiger partial charge in [0.05, 0.1) is 13.2 Å². The van der Waals surface area contributed by atoms with Gasteiger partial charge >= 0.3 is 5.97 Å². The second kappa shape index (κ2) is 7.95. The minimum atomic E-state index is -0.337. The molecule has 0 amide bonds.